The van der Waals surface area contributed by atoms with Crippen molar-refractivity contribution in [1.82, 2.24) is 15.3 Å². The van der Waals surface area contributed by atoms with E-state index < -0.39 is 0 Å². The molecule has 0 saturated carbocycles. The van der Waals surface area contributed by atoms with Crippen LogP contribution in [0.1, 0.15) is 29.9 Å². The Morgan fingerprint density at radius 2 is 1.93 bits per heavy atom. The number of pyridine rings is 1. The lowest BCUT2D eigenvalue weighted by atomic mass is 10.2. The number of rotatable bonds is 6. The molecule has 0 unspecified atom stereocenters. The fourth-order valence-electron chi connectivity index (χ4n) is 3.37. The first-order valence-corrected chi connectivity index (χ1v) is 9.67. The summed E-state index contributed by atoms with van der Waals surface area (Å²) >= 11 is 0. The van der Waals surface area contributed by atoms with E-state index in [-0.39, 0.29) is 12.3 Å². The number of carbonyl (C=O) groups excluding carboxylic acids is 1. The number of benzene rings is 1. The van der Waals surface area contributed by atoms with Crippen LogP contribution < -0.4 is 10.2 Å². The van der Waals surface area contributed by atoms with Crippen molar-refractivity contribution in [2.24, 2.45) is 0 Å². The van der Waals surface area contributed by atoms with Gasteiger partial charge in [-0.25, -0.2) is 9.97 Å². The van der Waals surface area contributed by atoms with Crippen molar-refractivity contribution in [2.75, 3.05) is 18.0 Å². The lowest BCUT2D eigenvalue weighted by Gasteiger charge is -2.16. The highest BCUT2D eigenvalue weighted by atomic mass is 16.4. The Morgan fingerprint density at radius 3 is 2.64 bits per heavy atom. The van der Waals surface area contributed by atoms with E-state index in [1.54, 1.807) is 0 Å². The van der Waals surface area contributed by atoms with Crippen molar-refractivity contribution in [3.05, 3.63) is 65.7 Å². The maximum Gasteiger partial charge on any atom is 0.226 e. The van der Waals surface area contributed by atoms with Crippen LogP contribution in [0.4, 0.5) is 5.82 Å². The van der Waals surface area contributed by atoms with Gasteiger partial charge in [-0.15, -0.1) is 0 Å². The zero-order valence-electron chi connectivity index (χ0n) is 16.0. The van der Waals surface area contributed by atoms with Gasteiger partial charge in [0.1, 0.15) is 11.6 Å². The van der Waals surface area contributed by atoms with Crippen LogP contribution in [-0.4, -0.2) is 29.0 Å². The maximum atomic E-state index is 12.3. The second-order valence-electron chi connectivity index (χ2n) is 7.06. The number of oxazole rings is 1. The fraction of sp³-hybridized carbons (Fsp3) is 0.318. The van der Waals surface area contributed by atoms with E-state index in [2.05, 4.69) is 20.2 Å². The second-order valence-corrected chi connectivity index (χ2v) is 7.06. The van der Waals surface area contributed by atoms with Crippen LogP contribution in [-0.2, 0) is 17.8 Å². The van der Waals surface area contributed by atoms with E-state index in [0.29, 0.717) is 23.9 Å². The van der Waals surface area contributed by atoms with E-state index in [1.807, 2.05) is 55.6 Å². The predicted octanol–water partition coefficient (Wildman–Crippen LogP) is 3.50. The molecule has 1 fully saturated rings. The molecule has 28 heavy (non-hydrogen) atoms. The number of aryl methyl sites for hydroxylation is 1. The summed E-state index contributed by atoms with van der Waals surface area (Å²) in [4.78, 5) is 23.6. The molecule has 6 nitrogen and oxygen atoms in total. The number of aromatic nitrogens is 2. The average Bonchev–Trinajstić information content (AvgIpc) is 3.38. The van der Waals surface area contributed by atoms with Gasteiger partial charge in [-0.2, -0.15) is 0 Å². The molecule has 2 aromatic heterocycles. The first-order valence-electron chi connectivity index (χ1n) is 9.67. The zero-order chi connectivity index (χ0) is 19.3. The minimum Gasteiger partial charge on any atom is -0.441 e. The van der Waals surface area contributed by atoms with E-state index in [4.69, 9.17) is 4.42 Å². The Morgan fingerprint density at radius 1 is 1.14 bits per heavy atom. The lowest BCUT2D eigenvalue weighted by Crippen LogP contribution is -2.25. The van der Waals surface area contributed by atoms with Gasteiger partial charge in [0.2, 0.25) is 11.8 Å². The molecule has 1 aliphatic rings. The van der Waals surface area contributed by atoms with Gasteiger partial charge in [-0.3, -0.25) is 4.79 Å². The number of carbonyl (C=O) groups is 1. The minimum absolute atomic E-state index is 0.0837. The molecule has 1 amide bonds. The number of nitrogens with one attached hydrogen (secondary N) is 1. The number of nitrogens with zero attached hydrogens (tertiary/aromatic N) is 3. The maximum absolute atomic E-state index is 12.3. The molecule has 0 radical (unpaired) electrons. The largest absolute Gasteiger partial charge is 0.441 e. The molecule has 3 aromatic rings. The quantitative estimate of drug-likeness (QED) is 0.713. The minimum atomic E-state index is -0.0837. The van der Waals surface area contributed by atoms with Crippen LogP contribution in [0.25, 0.3) is 11.5 Å². The van der Waals surface area contributed by atoms with Crippen molar-refractivity contribution in [1.29, 1.82) is 0 Å². The van der Waals surface area contributed by atoms with Crippen LogP contribution in [0.3, 0.4) is 0 Å². The predicted molar refractivity (Wildman–Crippen MR) is 108 cm³/mol. The van der Waals surface area contributed by atoms with Crippen molar-refractivity contribution < 1.29 is 9.21 Å². The number of amides is 1. The van der Waals surface area contributed by atoms with Crippen LogP contribution in [0, 0.1) is 6.92 Å². The fourth-order valence-corrected chi connectivity index (χ4v) is 3.37. The smallest absolute Gasteiger partial charge is 0.226 e. The number of anilines is 1. The molecule has 0 spiro atoms. The zero-order valence-corrected chi connectivity index (χ0v) is 16.0. The molecule has 1 aromatic carbocycles. The van der Waals surface area contributed by atoms with Gasteiger partial charge in [0.15, 0.2) is 0 Å². The Bertz CT molecular complexity index is 929. The summed E-state index contributed by atoms with van der Waals surface area (Å²) in [5, 5.41) is 2.94. The molecule has 3 heterocycles. The highest BCUT2D eigenvalue weighted by Crippen LogP contribution is 2.21. The summed E-state index contributed by atoms with van der Waals surface area (Å²) in [5.41, 5.74) is 2.55. The third-order valence-electron chi connectivity index (χ3n) is 4.97. The third kappa shape index (κ3) is 4.22. The molecular formula is C22H24N4O2. The topological polar surface area (TPSA) is 71.3 Å². The standard InChI is InChI=1S/C22H24N4O2/c1-16-19(25-22(28-16)18-7-3-2-4-8-18)13-21(27)24-15-17-9-10-20(23-14-17)26-11-5-6-12-26/h2-4,7-10,14H,5-6,11-13,15H2,1H3,(H,24,27). The Labute approximate surface area is 164 Å². The number of hydrogen-bond acceptors (Lipinski definition) is 5. The molecule has 6 heteroatoms. The summed E-state index contributed by atoms with van der Waals surface area (Å²) in [6, 6.07) is 13.7. The molecule has 144 valence electrons. The van der Waals surface area contributed by atoms with Gasteiger partial charge in [0, 0.05) is 31.4 Å². The van der Waals surface area contributed by atoms with Gasteiger partial charge in [0.25, 0.3) is 0 Å². The van der Waals surface area contributed by atoms with Gasteiger partial charge < -0.3 is 14.6 Å². The van der Waals surface area contributed by atoms with Gasteiger partial charge in [-0.05, 0) is 43.5 Å². The molecule has 1 saturated heterocycles. The molecule has 4 rings (SSSR count). The van der Waals surface area contributed by atoms with Crippen molar-refractivity contribution >= 4 is 11.7 Å². The molecule has 0 bridgehead atoms. The van der Waals surface area contributed by atoms with Crippen molar-refractivity contribution in [2.45, 2.75) is 32.7 Å². The summed E-state index contributed by atoms with van der Waals surface area (Å²) < 4.78 is 5.72. The van der Waals surface area contributed by atoms with Crippen LogP contribution in [0.15, 0.2) is 53.1 Å². The van der Waals surface area contributed by atoms with Gasteiger partial charge >= 0.3 is 0 Å². The molecule has 1 aliphatic heterocycles. The summed E-state index contributed by atoms with van der Waals surface area (Å²) in [6.07, 6.45) is 4.49. The van der Waals surface area contributed by atoms with Crippen LogP contribution >= 0.6 is 0 Å². The average molecular weight is 376 g/mol. The molecular weight excluding hydrogens is 352 g/mol. The lowest BCUT2D eigenvalue weighted by molar-refractivity contribution is -0.120. The van der Waals surface area contributed by atoms with Gasteiger partial charge in [-0.1, -0.05) is 24.3 Å². The van der Waals surface area contributed by atoms with Crippen LogP contribution in [0.2, 0.25) is 0 Å². The van der Waals surface area contributed by atoms with E-state index >= 15 is 0 Å². The summed E-state index contributed by atoms with van der Waals surface area (Å²) in [6.45, 7) is 4.44. The van der Waals surface area contributed by atoms with Crippen molar-refractivity contribution in [3.8, 4) is 11.5 Å². The third-order valence-corrected chi connectivity index (χ3v) is 4.97. The molecule has 0 aliphatic carbocycles. The Balaban J connectivity index is 1.33. The first kappa shape index (κ1) is 18.2. The summed E-state index contributed by atoms with van der Waals surface area (Å²) in [5.74, 6) is 2.15. The highest BCUT2D eigenvalue weighted by molar-refractivity contribution is 5.78. The summed E-state index contributed by atoms with van der Waals surface area (Å²) in [7, 11) is 0. The highest BCUT2D eigenvalue weighted by Gasteiger charge is 2.15. The van der Waals surface area contributed by atoms with Crippen molar-refractivity contribution in [3.63, 3.8) is 0 Å². The normalized spacial score (nSPS) is 13.7. The second kappa shape index (κ2) is 8.25. The SMILES string of the molecule is Cc1oc(-c2ccccc2)nc1CC(=O)NCc1ccc(N2CCCC2)nc1. The van der Waals surface area contributed by atoms with Gasteiger partial charge in [0.05, 0.1) is 12.1 Å². The number of hydrogen-bond donors (Lipinski definition) is 1. The molecule has 1 N–H and O–H groups in total. The monoisotopic (exact) mass is 376 g/mol. The van der Waals surface area contributed by atoms with E-state index in [1.165, 1.54) is 12.8 Å². The van der Waals surface area contributed by atoms with E-state index in [0.717, 1.165) is 30.0 Å². The Kier molecular flexibility index (Phi) is 5.37. The molecule has 0 atom stereocenters. The van der Waals surface area contributed by atoms with Crippen LogP contribution in [0.5, 0.6) is 0 Å². The van der Waals surface area contributed by atoms with E-state index in [9.17, 15) is 4.79 Å². The Hall–Kier alpha value is -3.15. The first-order chi connectivity index (χ1) is 13.7.